The van der Waals surface area contributed by atoms with Crippen molar-refractivity contribution >= 4 is 15.9 Å². The van der Waals surface area contributed by atoms with Crippen molar-refractivity contribution < 1.29 is 4.39 Å². The summed E-state index contributed by atoms with van der Waals surface area (Å²) in [6.07, 6.45) is 7.72. The van der Waals surface area contributed by atoms with Gasteiger partial charge in [-0.3, -0.25) is 0 Å². The van der Waals surface area contributed by atoms with Crippen LogP contribution in [0.4, 0.5) is 4.39 Å². The van der Waals surface area contributed by atoms with Crippen LogP contribution in [-0.4, -0.2) is 12.6 Å². The molecule has 1 nitrogen and oxygen atoms in total. The van der Waals surface area contributed by atoms with Crippen LogP contribution in [0, 0.1) is 23.6 Å². The van der Waals surface area contributed by atoms with Gasteiger partial charge in [-0.25, -0.2) is 4.39 Å². The maximum atomic E-state index is 13.5. The minimum Gasteiger partial charge on any atom is -0.313 e. The third kappa shape index (κ3) is 3.50. The highest BCUT2D eigenvalue weighted by molar-refractivity contribution is 9.10. The summed E-state index contributed by atoms with van der Waals surface area (Å²) in [6.45, 7) is 3.27. The van der Waals surface area contributed by atoms with Gasteiger partial charge in [0.05, 0.1) is 0 Å². The van der Waals surface area contributed by atoms with E-state index in [4.69, 9.17) is 0 Å². The van der Waals surface area contributed by atoms with Crippen LogP contribution in [-0.2, 0) is 6.42 Å². The molecule has 1 aromatic rings. The van der Waals surface area contributed by atoms with Gasteiger partial charge in [-0.2, -0.15) is 0 Å². The summed E-state index contributed by atoms with van der Waals surface area (Å²) >= 11 is 3.58. The first-order chi connectivity index (χ1) is 10.2. The molecular weight excluding hydrogens is 329 g/mol. The molecule has 1 aromatic carbocycles. The molecule has 0 radical (unpaired) electrons. The first-order valence-corrected chi connectivity index (χ1v) is 9.17. The lowest BCUT2D eigenvalue weighted by atomic mass is 9.99. The molecule has 0 spiro atoms. The van der Waals surface area contributed by atoms with Crippen molar-refractivity contribution in [2.24, 2.45) is 17.8 Å². The number of hydrogen-bond donors (Lipinski definition) is 1. The van der Waals surface area contributed by atoms with Gasteiger partial charge in [0.1, 0.15) is 5.82 Å². The fourth-order valence-electron chi connectivity index (χ4n) is 4.26. The molecule has 1 N–H and O–H groups in total. The lowest BCUT2D eigenvalue weighted by Crippen LogP contribution is -2.35. The average molecular weight is 354 g/mol. The Morgan fingerprint density at radius 3 is 2.67 bits per heavy atom. The number of hydrogen-bond acceptors (Lipinski definition) is 1. The molecule has 21 heavy (non-hydrogen) atoms. The molecule has 0 aromatic heterocycles. The fourth-order valence-corrected chi connectivity index (χ4v) is 4.66. The topological polar surface area (TPSA) is 12.0 Å². The SMILES string of the molecule is CCCNC(Cc1cc(F)ccc1Br)C1C2CCCCC21. The number of rotatable bonds is 6. The van der Waals surface area contributed by atoms with Crippen LogP contribution in [0.5, 0.6) is 0 Å². The van der Waals surface area contributed by atoms with Crippen LogP contribution in [0.2, 0.25) is 0 Å². The summed E-state index contributed by atoms with van der Waals surface area (Å²) in [7, 11) is 0. The summed E-state index contributed by atoms with van der Waals surface area (Å²) in [4.78, 5) is 0. The summed E-state index contributed by atoms with van der Waals surface area (Å²) in [5.74, 6) is 2.55. The molecule has 3 rings (SSSR count). The maximum absolute atomic E-state index is 13.5. The van der Waals surface area contributed by atoms with E-state index in [2.05, 4.69) is 28.2 Å². The van der Waals surface area contributed by atoms with E-state index in [0.29, 0.717) is 6.04 Å². The minimum atomic E-state index is -0.129. The molecule has 3 unspecified atom stereocenters. The first-order valence-electron chi connectivity index (χ1n) is 8.38. The van der Waals surface area contributed by atoms with E-state index in [1.807, 2.05) is 6.07 Å². The lowest BCUT2D eigenvalue weighted by molar-refractivity contribution is 0.426. The van der Waals surface area contributed by atoms with E-state index >= 15 is 0 Å². The molecule has 3 heteroatoms. The van der Waals surface area contributed by atoms with Crippen LogP contribution >= 0.6 is 15.9 Å². The fraction of sp³-hybridized carbons (Fsp3) is 0.667. The first kappa shape index (κ1) is 15.5. The quantitative estimate of drug-likeness (QED) is 0.763. The van der Waals surface area contributed by atoms with E-state index in [1.54, 1.807) is 6.07 Å². The smallest absolute Gasteiger partial charge is 0.123 e. The zero-order chi connectivity index (χ0) is 14.8. The van der Waals surface area contributed by atoms with Crippen molar-refractivity contribution in [3.63, 3.8) is 0 Å². The molecule has 0 aliphatic heterocycles. The highest BCUT2D eigenvalue weighted by Gasteiger charge is 2.53. The Kier molecular flexibility index (Phi) is 5.00. The van der Waals surface area contributed by atoms with Crippen LogP contribution in [0.25, 0.3) is 0 Å². The zero-order valence-corrected chi connectivity index (χ0v) is 14.3. The molecule has 2 aliphatic carbocycles. The van der Waals surface area contributed by atoms with Gasteiger partial charge in [0, 0.05) is 10.5 Å². The van der Waals surface area contributed by atoms with Gasteiger partial charge < -0.3 is 5.32 Å². The molecule has 0 amide bonds. The van der Waals surface area contributed by atoms with Crippen molar-refractivity contribution in [2.75, 3.05) is 6.54 Å². The highest BCUT2D eigenvalue weighted by Crippen LogP contribution is 2.57. The maximum Gasteiger partial charge on any atom is 0.123 e. The van der Waals surface area contributed by atoms with Gasteiger partial charge in [-0.15, -0.1) is 0 Å². The molecule has 2 aliphatic rings. The highest BCUT2D eigenvalue weighted by atomic mass is 79.9. The molecule has 116 valence electrons. The Balaban J connectivity index is 1.72. The molecule has 0 saturated heterocycles. The predicted octanol–water partition coefficient (Wildman–Crippen LogP) is 4.94. The van der Waals surface area contributed by atoms with Crippen molar-refractivity contribution in [2.45, 2.75) is 51.5 Å². The van der Waals surface area contributed by atoms with Crippen LogP contribution in [0.15, 0.2) is 22.7 Å². The Labute approximate surface area is 135 Å². The third-order valence-corrected chi connectivity index (χ3v) is 6.07. The normalized spacial score (nSPS) is 29.0. The Morgan fingerprint density at radius 1 is 1.29 bits per heavy atom. The average Bonchev–Trinajstić information content (AvgIpc) is 3.21. The van der Waals surface area contributed by atoms with E-state index < -0.39 is 0 Å². The van der Waals surface area contributed by atoms with Crippen molar-refractivity contribution in [1.29, 1.82) is 0 Å². The van der Waals surface area contributed by atoms with E-state index in [-0.39, 0.29) is 5.82 Å². The zero-order valence-electron chi connectivity index (χ0n) is 12.7. The van der Waals surface area contributed by atoms with Gasteiger partial charge in [0.25, 0.3) is 0 Å². The number of benzene rings is 1. The van der Waals surface area contributed by atoms with Gasteiger partial charge >= 0.3 is 0 Å². The van der Waals surface area contributed by atoms with Crippen molar-refractivity contribution in [1.82, 2.24) is 5.32 Å². The largest absolute Gasteiger partial charge is 0.313 e. The minimum absolute atomic E-state index is 0.129. The monoisotopic (exact) mass is 353 g/mol. The molecule has 2 fully saturated rings. The predicted molar refractivity (Wildman–Crippen MR) is 88.8 cm³/mol. The summed E-state index contributed by atoms with van der Waals surface area (Å²) < 4.78 is 14.6. The van der Waals surface area contributed by atoms with Gasteiger partial charge in [-0.05, 0) is 73.7 Å². The van der Waals surface area contributed by atoms with Crippen molar-refractivity contribution in [3.8, 4) is 0 Å². The molecule has 2 saturated carbocycles. The summed E-state index contributed by atoms with van der Waals surface area (Å²) in [5, 5.41) is 3.74. The number of nitrogens with one attached hydrogen (secondary N) is 1. The second-order valence-corrected chi connectivity index (χ2v) is 7.54. The lowest BCUT2D eigenvalue weighted by Gasteiger charge is -2.20. The van der Waals surface area contributed by atoms with Crippen LogP contribution in [0.3, 0.4) is 0 Å². The molecule has 0 bridgehead atoms. The molecular formula is C18H25BrFN. The van der Waals surface area contributed by atoms with Gasteiger partial charge in [-0.1, -0.05) is 35.7 Å². The summed E-state index contributed by atoms with van der Waals surface area (Å²) in [6, 6.07) is 5.56. The third-order valence-electron chi connectivity index (χ3n) is 5.29. The van der Waals surface area contributed by atoms with Crippen LogP contribution < -0.4 is 5.32 Å². The number of halogens is 2. The van der Waals surface area contributed by atoms with Crippen molar-refractivity contribution in [3.05, 3.63) is 34.1 Å². The van der Waals surface area contributed by atoms with E-state index in [1.165, 1.54) is 31.7 Å². The molecule has 0 heterocycles. The second-order valence-electron chi connectivity index (χ2n) is 6.69. The second kappa shape index (κ2) is 6.78. The Bertz CT molecular complexity index is 478. The van der Waals surface area contributed by atoms with E-state index in [9.17, 15) is 4.39 Å². The summed E-state index contributed by atoms with van der Waals surface area (Å²) in [5.41, 5.74) is 1.10. The standard InChI is InChI=1S/C18H25BrFN/c1-2-9-21-17(18-14-5-3-4-6-15(14)18)11-12-10-13(20)7-8-16(12)19/h7-8,10,14-15,17-18,21H,2-6,9,11H2,1H3. The number of fused-ring (bicyclic) bond motifs is 1. The van der Waals surface area contributed by atoms with E-state index in [0.717, 1.165) is 47.2 Å². The Hall–Kier alpha value is -0.410. The van der Waals surface area contributed by atoms with Gasteiger partial charge in [0.2, 0.25) is 0 Å². The Morgan fingerprint density at radius 2 is 2.00 bits per heavy atom. The molecule has 3 atom stereocenters. The van der Waals surface area contributed by atoms with Gasteiger partial charge in [0.15, 0.2) is 0 Å². The van der Waals surface area contributed by atoms with Crippen LogP contribution in [0.1, 0.15) is 44.6 Å².